The van der Waals surface area contributed by atoms with Gasteiger partial charge in [-0.2, -0.15) is 0 Å². The van der Waals surface area contributed by atoms with Crippen LogP contribution in [0.1, 0.15) is 34.5 Å². The maximum Gasteiger partial charge on any atom is 0.0505 e. The summed E-state index contributed by atoms with van der Waals surface area (Å²) >= 11 is 1.94. The Hall–Kier alpha value is -1.71. The van der Waals surface area contributed by atoms with Gasteiger partial charge in [0.05, 0.1) is 5.69 Å². The van der Waals surface area contributed by atoms with E-state index in [2.05, 4.69) is 68.2 Å². The number of hydrogen-bond donors (Lipinski definition) is 0. The van der Waals surface area contributed by atoms with Crippen molar-refractivity contribution >= 4 is 21.4 Å². The van der Waals surface area contributed by atoms with E-state index in [9.17, 15) is 0 Å². The lowest BCUT2D eigenvalue weighted by Gasteiger charge is -2.16. The second-order valence-electron chi connectivity index (χ2n) is 6.42. The van der Waals surface area contributed by atoms with Crippen LogP contribution in [0.4, 0.5) is 0 Å². The average Bonchev–Trinajstić information content (AvgIpc) is 2.91. The molecule has 3 heteroatoms. The van der Waals surface area contributed by atoms with E-state index in [1.54, 1.807) is 0 Å². The lowest BCUT2D eigenvalue weighted by atomic mass is 9.91. The molecule has 0 spiro atoms. The first-order valence-corrected chi connectivity index (χ1v) is 8.96. The second kappa shape index (κ2) is 6.81. The summed E-state index contributed by atoms with van der Waals surface area (Å²) in [5.41, 5.74) is 3.94. The molecule has 1 aromatic carbocycles. The van der Waals surface area contributed by atoms with E-state index in [1.807, 2.05) is 23.6 Å². The average molecular weight is 324 g/mol. The standard InChI is InChI=1S/C20H24N2S/c1-14-8-7-12-21-20(14)15(2)19-16-9-5-6-10-17(16)23-18(19)11-13-22(3)4/h5-10,12,15H,11,13H2,1-4H3/t15-/m0/s1. The van der Waals surface area contributed by atoms with Crippen molar-refractivity contribution < 1.29 is 0 Å². The summed E-state index contributed by atoms with van der Waals surface area (Å²) in [6.07, 6.45) is 3.00. The molecule has 3 aromatic rings. The molecule has 0 aliphatic rings. The van der Waals surface area contributed by atoms with Crippen molar-refractivity contribution in [2.75, 3.05) is 20.6 Å². The molecular formula is C20H24N2S. The number of aromatic nitrogens is 1. The summed E-state index contributed by atoms with van der Waals surface area (Å²) in [6.45, 7) is 5.53. The van der Waals surface area contributed by atoms with Gasteiger partial charge in [-0.05, 0) is 56.1 Å². The first-order valence-electron chi connectivity index (χ1n) is 8.14. The minimum Gasteiger partial charge on any atom is -0.309 e. The number of aryl methyl sites for hydroxylation is 1. The first kappa shape index (κ1) is 16.2. The van der Waals surface area contributed by atoms with Gasteiger partial charge in [0.15, 0.2) is 0 Å². The molecule has 0 radical (unpaired) electrons. The molecular weight excluding hydrogens is 300 g/mol. The summed E-state index contributed by atoms with van der Waals surface area (Å²) < 4.78 is 1.39. The minimum atomic E-state index is 0.324. The molecule has 3 rings (SSSR count). The van der Waals surface area contributed by atoms with Gasteiger partial charge in [-0.25, -0.2) is 0 Å². The van der Waals surface area contributed by atoms with E-state index in [1.165, 1.54) is 31.8 Å². The Bertz CT molecular complexity index is 804. The fraction of sp³-hybridized carbons (Fsp3) is 0.350. The van der Waals surface area contributed by atoms with Gasteiger partial charge in [-0.15, -0.1) is 11.3 Å². The van der Waals surface area contributed by atoms with E-state index in [0.717, 1.165) is 13.0 Å². The fourth-order valence-corrected chi connectivity index (χ4v) is 4.48. The Labute approximate surface area is 142 Å². The molecule has 23 heavy (non-hydrogen) atoms. The van der Waals surface area contributed by atoms with Crippen LogP contribution in [0.2, 0.25) is 0 Å². The SMILES string of the molecule is Cc1cccnc1[C@@H](C)c1c(CCN(C)C)sc2ccccc12. The molecule has 120 valence electrons. The molecule has 0 N–H and O–H groups in total. The molecule has 2 heterocycles. The summed E-state index contributed by atoms with van der Waals surface area (Å²) in [7, 11) is 4.28. The molecule has 0 bridgehead atoms. The Kier molecular flexibility index (Phi) is 4.79. The number of benzene rings is 1. The highest BCUT2D eigenvalue weighted by molar-refractivity contribution is 7.19. The maximum absolute atomic E-state index is 4.67. The third-order valence-corrected chi connectivity index (χ3v) is 5.64. The largest absolute Gasteiger partial charge is 0.309 e. The zero-order valence-electron chi connectivity index (χ0n) is 14.3. The van der Waals surface area contributed by atoms with Gasteiger partial charge in [-0.1, -0.05) is 31.2 Å². The van der Waals surface area contributed by atoms with Crippen molar-refractivity contribution in [2.45, 2.75) is 26.2 Å². The Morgan fingerprint density at radius 2 is 1.91 bits per heavy atom. The zero-order chi connectivity index (χ0) is 16.4. The summed E-state index contributed by atoms with van der Waals surface area (Å²) in [4.78, 5) is 8.42. The van der Waals surface area contributed by atoms with Gasteiger partial charge in [0, 0.05) is 28.2 Å². The van der Waals surface area contributed by atoms with Crippen LogP contribution in [-0.4, -0.2) is 30.5 Å². The van der Waals surface area contributed by atoms with E-state index in [0.29, 0.717) is 5.92 Å². The molecule has 0 aliphatic heterocycles. The Morgan fingerprint density at radius 3 is 2.65 bits per heavy atom. The first-order chi connectivity index (χ1) is 11.1. The van der Waals surface area contributed by atoms with Gasteiger partial charge in [0.2, 0.25) is 0 Å². The number of rotatable bonds is 5. The van der Waals surface area contributed by atoms with Crippen molar-refractivity contribution in [3.8, 4) is 0 Å². The van der Waals surface area contributed by atoms with Crippen molar-refractivity contribution in [3.05, 3.63) is 64.3 Å². The highest BCUT2D eigenvalue weighted by atomic mass is 32.1. The third-order valence-electron chi connectivity index (χ3n) is 4.39. The number of hydrogen-bond acceptors (Lipinski definition) is 3. The predicted octanol–water partition coefficient (Wildman–Crippen LogP) is 4.86. The predicted molar refractivity (Wildman–Crippen MR) is 101 cm³/mol. The highest BCUT2D eigenvalue weighted by Gasteiger charge is 2.21. The minimum absolute atomic E-state index is 0.324. The number of likely N-dealkylation sites (N-methyl/N-ethyl adjacent to an activating group) is 1. The number of nitrogens with zero attached hydrogens (tertiary/aromatic N) is 2. The molecule has 2 nitrogen and oxygen atoms in total. The van der Waals surface area contributed by atoms with E-state index in [-0.39, 0.29) is 0 Å². The van der Waals surface area contributed by atoms with Crippen LogP contribution in [0.15, 0.2) is 42.6 Å². The van der Waals surface area contributed by atoms with E-state index >= 15 is 0 Å². The number of thiophene rings is 1. The van der Waals surface area contributed by atoms with Crippen molar-refractivity contribution in [2.24, 2.45) is 0 Å². The molecule has 0 unspecified atom stereocenters. The maximum atomic E-state index is 4.67. The monoisotopic (exact) mass is 324 g/mol. The zero-order valence-corrected chi connectivity index (χ0v) is 15.2. The van der Waals surface area contributed by atoms with Crippen molar-refractivity contribution in [3.63, 3.8) is 0 Å². The topological polar surface area (TPSA) is 16.1 Å². The molecule has 0 aliphatic carbocycles. The highest BCUT2D eigenvalue weighted by Crippen LogP contribution is 2.39. The van der Waals surface area contributed by atoms with Gasteiger partial charge in [-0.3, -0.25) is 4.98 Å². The van der Waals surface area contributed by atoms with Crippen LogP contribution in [-0.2, 0) is 6.42 Å². The number of fused-ring (bicyclic) bond motifs is 1. The summed E-state index contributed by atoms with van der Waals surface area (Å²) in [5.74, 6) is 0.324. The molecule has 1 atom stereocenters. The van der Waals surface area contributed by atoms with Crippen LogP contribution >= 0.6 is 11.3 Å². The van der Waals surface area contributed by atoms with Crippen LogP contribution < -0.4 is 0 Å². The fourth-order valence-electron chi connectivity index (χ4n) is 3.19. The molecule has 0 fully saturated rings. The smallest absolute Gasteiger partial charge is 0.0505 e. The summed E-state index contributed by atoms with van der Waals surface area (Å²) in [5, 5.41) is 1.39. The van der Waals surface area contributed by atoms with E-state index < -0.39 is 0 Å². The van der Waals surface area contributed by atoms with Crippen LogP contribution in [0.3, 0.4) is 0 Å². The molecule has 0 saturated carbocycles. The molecule has 0 saturated heterocycles. The Balaban J connectivity index is 2.10. The van der Waals surface area contributed by atoms with Gasteiger partial charge in [0.1, 0.15) is 0 Å². The van der Waals surface area contributed by atoms with Crippen LogP contribution in [0.5, 0.6) is 0 Å². The van der Waals surface area contributed by atoms with Crippen LogP contribution in [0, 0.1) is 6.92 Å². The van der Waals surface area contributed by atoms with Crippen LogP contribution in [0.25, 0.3) is 10.1 Å². The van der Waals surface area contributed by atoms with Gasteiger partial charge < -0.3 is 4.90 Å². The van der Waals surface area contributed by atoms with Gasteiger partial charge >= 0.3 is 0 Å². The second-order valence-corrected chi connectivity index (χ2v) is 7.55. The van der Waals surface area contributed by atoms with Crippen molar-refractivity contribution in [1.82, 2.24) is 9.88 Å². The Morgan fingerprint density at radius 1 is 1.13 bits per heavy atom. The van der Waals surface area contributed by atoms with Gasteiger partial charge in [0.25, 0.3) is 0 Å². The summed E-state index contributed by atoms with van der Waals surface area (Å²) in [6, 6.07) is 13.0. The third kappa shape index (κ3) is 3.31. The van der Waals surface area contributed by atoms with E-state index in [4.69, 9.17) is 0 Å². The lowest BCUT2D eigenvalue weighted by Crippen LogP contribution is -2.15. The number of pyridine rings is 1. The quantitative estimate of drug-likeness (QED) is 0.666. The lowest BCUT2D eigenvalue weighted by molar-refractivity contribution is 0.414. The normalized spacial score (nSPS) is 12.9. The molecule has 0 amide bonds. The molecule has 2 aromatic heterocycles. The van der Waals surface area contributed by atoms with Crippen molar-refractivity contribution in [1.29, 1.82) is 0 Å².